The van der Waals surface area contributed by atoms with Gasteiger partial charge in [0.1, 0.15) is 0 Å². The molecule has 0 radical (unpaired) electrons. The standard InChI is InChI=1S/C22H27N/c1-16(2)15-23-13-7-12-22-14-19(17-8-3-5-10-20(17)22)18-9-4-6-11-21(18)22/h3-6,8-11,16,19,23H,7,12-15H2,1-2H3. The second-order valence-corrected chi connectivity index (χ2v) is 7.71. The van der Waals surface area contributed by atoms with Crippen LogP contribution in [0.5, 0.6) is 0 Å². The molecule has 2 aromatic rings. The van der Waals surface area contributed by atoms with Crippen LogP contribution in [0.3, 0.4) is 0 Å². The summed E-state index contributed by atoms with van der Waals surface area (Å²) in [7, 11) is 0. The van der Waals surface area contributed by atoms with Crippen LogP contribution in [-0.4, -0.2) is 13.1 Å². The van der Waals surface area contributed by atoms with Crippen LogP contribution in [0.25, 0.3) is 0 Å². The molecule has 120 valence electrons. The Bertz CT molecular complexity index is 653. The molecule has 0 unspecified atom stereocenters. The SMILES string of the molecule is CC(C)CNCCCC12CC(c3ccccc31)c1ccccc12. The van der Waals surface area contributed by atoms with Gasteiger partial charge in [-0.2, -0.15) is 0 Å². The molecule has 23 heavy (non-hydrogen) atoms. The number of rotatable bonds is 6. The molecule has 0 saturated heterocycles. The maximum atomic E-state index is 3.61. The zero-order valence-corrected chi connectivity index (χ0v) is 14.3. The summed E-state index contributed by atoms with van der Waals surface area (Å²) < 4.78 is 0. The largest absolute Gasteiger partial charge is 0.316 e. The molecule has 2 aliphatic carbocycles. The summed E-state index contributed by atoms with van der Waals surface area (Å²) in [6, 6.07) is 18.3. The number of hydrogen-bond donors (Lipinski definition) is 1. The van der Waals surface area contributed by atoms with Crippen molar-refractivity contribution in [1.82, 2.24) is 5.32 Å². The second-order valence-electron chi connectivity index (χ2n) is 7.71. The molecule has 4 rings (SSSR count). The third-order valence-electron chi connectivity index (χ3n) is 5.77. The van der Waals surface area contributed by atoms with Crippen molar-refractivity contribution >= 4 is 0 Å². The van der Waals surface area contributed by atoms with E-state index in [1.54, 1.807) is 22.3 Å². The van der Waals surface area contributed by atoms with Gasteiger partial charge >= 0.3 is 0 Å². The van der Waals surface area contributed by atoms with Crippen molar-refractivity contribution in [2.45, 2.75) is 44.4 Å². The van der Waals surface area contributed by atoms with Gasteiger partial charge < -0.3 is 5.32 Å². The Kier molecular flexibility index (Phi) is 3.77. The quantitative estimate of drug-likeness (QED) is 0.752. The summed E-state index contributed by atoms with van der Waals surface area (Å²) >= 11 is 0. The fourth-order valence-electron chi connectivity index (χ4n) is 4.85. The van der Waals surface area contributed by atoms with E-state index in [0.717, 1.165) is 19.0 Å². The summed E-state index contributed by atoms with van der Waals surface area (Å²) in [5.74, 6) is 1.36. The minimum absolute atomic E-state index is 0.275. The first-order valence-corrected chi connectivity index (χ1v) is 9.12. The van der Waals surface area contributed by atoms with Gasteiger partial charge in [0.05, 0.1) is 0 Å². The van der Waals surface area contributed by atoms with Crippen LogP contribution in [0.15, 0.2) is 48.5 Å². The highest BCUT2D eigenvalue weighted by Gasteiger charge is 2.51. The third-order valence-corrected chi connectivity index (χ3v) is 5.77. The second kappa shape index (κ2) is 5.79. The Morgan fingerprint density at radius 2 is 1.61 bits per heavy atom. The first kappa shape index (κ1) is 15.0. The maximum Gasteiger partial charge on any atom is 0.0218 e. The predicted molar refractivity (Wildman–Crippen MR) is 97.1 cm³/mol. The summed E-state index contributed by atoms with van der Waals surface area (Å²) in [6.07, 6.45) is 3.81. The van der Waals surface area contributed by atoms with Crippen LogP contribution >= 0.6 is 0 Å². The van der Waals surface area contributed by atoms with E-state index in [2.05, 4.69) is 67.7 Å². The number of hydrogen-bond acceptors (Lipinski definition) is 1. The summed E-state index contributed by atoms with van der Waals surface area (Å²) in [6.45, 7) is 6.81. The van der Waals surface area contributed by atoms with Gasteiger partial charge in [-0.15, -0.1) is 0 Å². The molecular formula is C22H27N. The summed E-state index contributed by atoms with van der Waals surface area (Å²) in [5.41, 5.74) is 6.65. The van der Waals surface area contributed by atoms with Crippen LogP contribution < -0.4 is 5.32 Å². The Hall–Kier alpha value is -1.60. The fraction of sp³-hybridized carbons (Fsp3) is 0.455. The smallest absolute Gasteiger partial charge is 0.0218 e. The van der Waals surface area contributed by atoms with Crippen molar-refractivity contribution in [3.63, 3.8) is 0 Å². The molecule has 0 saturated carbocycles. The van der Waals surface area contributed by atoms with Gasteiger partial charge in [-0.1, -0.05) is 62.4 Å². The van der Waals surface area contributed by atoms with E-state index in [9.17, 15) is 0 Å². The lowest BCUT2D eigenvalue weighted by Gasteiger charge is -2.31. The van der Waals surface area contributed by atoms with Gasteiger partial charge in [0.2, 0.25) is 0 Å². The summed E-state index contributed by atoms with van der Waals surface area (Å²) in [5, 5.41) is 3.61. The minimum atomic E-state index is 0.275. The Labute approximate surface area is 140 Å². The van der Waals surface area contributed by atoms with Crippen LogP contribution in [0, 0.1) is 5.92 Å². The van der Waals surface area contributed by atoms with Crippen molar-refractivity contribution in [1.29, 1.82) is 0 Å². The van der Waals surface area contributed by atoms with Crippen molar-refractivity contribution in [3.8, 4) is 0 Å². The molecule has 0 amide bonds. The zero-order chi connectivity index (χ0) is 15.9. The summed E-state index contributed by atoms with van der Waals surface area (Å²) in [4.78, 5) is 0. The third kappa shape index (κ3) is 2.33. The lowest BCUT2D eigenvalue weighted by Crippen LogP contribution is -2.27. The van der Waals surface area contributed by atoms with E-state index in [4.69, 9.17) is 0 Å². The van der Waals surface area contributed by atoms with Crippen molar-refractivity contribution in [2.75, 3.05) is 13.1 Å². The number of benzene rings is 2. The lowest BCUT2D eigenvalue weighted by molar-refractivity contribution is 0.448. The van der Waals surface area contributed by atoms with Gasteiger partial charge in [0.25, 0.3) is 0 Å². The molecule has 1 N–H and O–H groups in total. The van der Waals surface area contributed by atoms with Crippen LogP contribution in [-0.2, 0) is 5.41 Å². The Morgan fingerprint density at radius 1 is 1.00 bits per heavy atom. The molecule has 2 aliphatic rings. The first-order chi connectivity index (χ1) is 11.2. The van der Waals surface area contributed by atoms with Gasteiger partial charge in [0.15, 0.2) is 0 Å². The van der Waals surface area contributed by atoms with E-state index in [-0.39, 0.29) is 5.41 Å². The van der Waals surface area contributed by atoms with Crippen molar-refractivity contribution in [2.24, 2.45) is 5.92 Å². The Balaban J connectivity index is 1.60. The molecule has 0 aromatic heterocycles. The van der Waals surface area contributed by atoms with Gasteiger partial charge in [0, 0.05) is 11.3 Å². The zero-order valence-electron chi connectivity index (χ0n) is 14.3. The van der Waals surface area contributed by atoms with Crippen LogP contribution in [0.1, 0.15) is 61.3 Å². The molecule has 0 spiro atoms. The van der Waals surface area contributed by atoms with Gasteiger partial charge in [-0.05, 0) is 60.5 Å². The molecule has 2 aromatic carbocycles. The highest BCUT2D eigenvalue weighted by molar-refractivity contribution is 5.62. The topological polar surface area (TPSA) is 12.0 Å². The Morgan fingerprint density at radius 3 is 2.22 bits per heavy atom. The number of fused-ring (bicyclic) bond motifs is 8. The predicted octanol–water partition coefficient (Wildman–Crippen LogP) is 4.85. The fourth-order valence-corrected chi connectivity index (χ4v) is 4.85. The monoisotopic (exact) mass is 305 g/mol. The lowest BCUT2D eigenvalue weighted by atomic mass is 9.72. The molecule has 0 heterocycles. The van der Waals surface area contributed by atoms with E-state index in [0.29, 0.717) is 5.92 Å². The van der Waals surface area contributed by atoms with E-state index in [1.165, 1.54) is 19.3 Å². The average molecular weight is 305 g/mol. The van der Waals surface area contributed by atoms with Gasteiger partial charge in [-0.3, -0.25) is 0 Å². The molecule has 1 heteroatoms. The average Bonchev–Trinajstić information content (AvgIpc) is 3.07. The molecule has 1 nitrogen and oxygen atoms in total. The van der Waals surface area contributed by atoms with E-state index >= 15 is 0 Å². The number of nitrogens with one attached hydrogen (secondary N) is 1. The van der Waals surface area contributed by atoms with Crippen LogP contribution in [0.4, 0.5) is 0 Å². The van der Waals surface area contributed by atoms with Crippen molar-refractivity contribution in [3.05, 3.63) is 70.8 Å². The first-order valence-electron chi connectivity index (χ1n) is 9.12. The maximum absolute atomic E-state index is 3.61. The van der Waals surface area contributed by atoms with E-state index in [1.807, 2.05) is 0 Å². The van der Waals surface area contributed by atoms with E-state index < -0.39 is 0 Å². The molecular weight excluding hydrogens is 278 g/mol. The molecule has 0 aliphatic heterocycles. The highest BCUT2D eigenvalue weighted by Crippen LogP contribution is 2.61. The normalized spacial score (nSPS) is 24.0. The van der Waals surface area contributed by atoms with Crippen LogP contribution in [0.2, 0.25) is 0 Å². The van der Waals surface area contributed by atoms with Gasteiger partial charge in [-0.25, -0.2) is 0 Å². The molecule has 0 atom stereocenters. The molecule has 0 fully saturated rings. The highest BCUT2D eigenvalue weighted by atomic mass is 14.8. The minimum Gasteiger partial charge on any atom is -0.316 e. The molecule has 2 bridgehead atoms. The van der Waals surface area contributed by atoms with Crippen molar-refractivity contribution < 1.29 is 0 Å².